The average molecular weight is 325 g/mol. The van der Waals surface area contributed by atoms with Gasteiger partial charge in [0.05, 0.1) is 7.05 Å². The fourth-order valence-corrected chi connectivity index (χ4v) is 2.85. The molecule has 0 aliphatic carbocycles. The minimum absolute atomic E-state index is 0.0539. The molecule has 3 heteroatoms. The normalized spacial score (nSPS) is 12.2. The predicted molar refractivity (Wildman–Crippen MR) is 101 cm³/mol. The van der Waals surface area contributed by atoms with Gasteiger partial charge in [-0.2, -0.15) is 0 Å². The third-order valence-corrected chi connectivity index (χ3v) is 4.27. The zero-order valence-electron chi connectivity index (χ0n) is 15.4. The maximum atomic E-state index is 12.3. The van der Waals surface area contributed by atoms with Crippen LogP contribution < -0.4 is 10.2 Å². The van der Waals surface area contributed by atoms with Crippen LogP contribution in [0, 0.1) is 13.8 Å². The highest BCUT2D eigenvalue weighted by Crippen LogP contribution is 2.16. The Balaban J connectivity index is 1.89. The van der Waals surface area contributed by atoms with Crippen LogP contribution in [0.2, 0.25) is 0 Å². The Labute approximate surface area is 145 Å². The summed E-state index contributed by atoms with van der Waals surface area (Å²) in [5.74, 6) is 0.603. The number of carbonyl (C=O) groups is 1. The summed E-state index contributed by atoms with van der Waals surface area (Å²) < 4.78 is 0. The second-order valence-corrected chi connectivity index (χ2v) is 7.07. The van der Waals surface area contributed by atoms with Crippen LogP contribution in [0.1, 0.15) is 42.0 Å². The molecule has 0 aromatic heterocycles. The minimum Gasteiger partial charge on any atom is -0.326 e. The van der Waals surface area contributed by atoms with Crippen LogP contribution in [0.25, 0.3) is 0 Å². The monoisotopic (exact) mass is 325 g/mol. The molecule has 0 heterocycles. The first-order chi connectivity index (χ1) is 11.3. The molecule has 2 N–H and O–H groups in total. The lowest BCUT2D eigenvalue weighted by Gasteiger charge is -2.15. The van der Waals surface area contributed by atoms with Crippen molar-refractivity contribution in [2.45, 2.75) is 40.2 Å². The van der Waals surface area contributed by atoms with E-state index in [-0.39, 0.29) is 5.91 Å². The van der Waals surface area contributed by atoms with Crippen LogP contribution in [-0.4, -0.2) is 19.5 Å². The van der Waals surface area contributed by atoms with Crippen molar-refractivity contribution in [1.29, 1.82) is 0 Å². The molecule has 0 aliphatic heterocycles. The molecule has 0 radical (unpaired) electrons. The number of benzene rings is 2. The Bertz CT molecular complexity index is 689. The predicted octanol–water partition coefficient (Wildman–Crippen LogP) is 3.08. The first-order valence-electron chi connectivity index (χ1n) is 8.62. The number of hydrogen-bond donors (Lipinski definition) is 2. The average Bonchev–Trinajstić information content (AvgIpc) is 2.50. The van der Waals surface area contributed by atoms with Gasteiger partial charge in [0.15, 0.2) is 6.54 Å². The maximum Gasteiger partial charge on any atom is 0.279 e. The van der Waals surface area contributed by atoms with Gasteiger partial charge in [0.1, 0.15) is 6.54 Å². The van der Waals surface area contributed by atoms with Gasteiger partial charge in [0.25, 0.3) is 5.91 Å². The van der Waals surface area contributed by atoms with Crippen molar-refractivity contribution < 1.29 is 9.69 Å². The van der Waals surface area contributed by atoms with Crippen molar-refractivity contribution in [2.75, 3.05) is 18.9 Å². The molecule has 3 nitrogen and oxygen atoms in total. The topological polar surface area (TPSA) is 33.5 Å². The van der Waals surface area contributed by atoms with E-state index in [0.717, 1.165) is 17.8 Å². The first-order valence-corrected chi connectivity index (χ1v) is 8.62. The number of likely N-dealkylation sites (N-methyl/N-ethyl adjacent to an activating group) is 1. The molecule has 2 aromatic rings. The number of hydrogen-bond acceptors (Lipinski definition) is 1. The molecule has 0 fully saturated rings. The second-order valence-electron chi connectivity index (χ2n) is 7.07. The summed E-state index contributed by atoms with van der Waals surface area (Å²) in [6, 6.07) is 14.8. The summed E-state index contributed by atoms with van der Waals surface area (Å²) in [6.07, 6.45) is 0. The lowest BCUT2D eigenvalue weighted by atomic mass is 10.0. The van der Waals surface area contributed by atoms with E-state index in [4.69, 9.17) is 0 Å². The largest absolute Gasteiger partial charge is 0.326 e. The van der Waals surface area contributed by atoms with Crippen molar-refractivity contribution >= 4 is 11.6 Å². The molecule has 0 aliphatic rings. The molecule has 2 rings (SSSR count). The van der Waals surface area contributed by atoms with E-state index in [2.05, 4.69) is 63.5 Å². The van der Waals surface area contributed by atoms with Gasteiger partial charge in [-0.25, -0.2) is 0 Å². The molecule has 0 saturated heterocycles. The Morgan fingerprint density at radius 1 is 1.08 bits per heavy atom. The lowest BCUT2D eigenvalue weighted by Crippen LogP contribution is -3.08. The fourth-order valence-electron chi connectivity index (χ4n) is 2.85. The van der Waals surface area contributed by atoms with Crippen molar-refractivity contribution in [3.8, 4) is 0 Å². The Morgan fingerprint density at radius 3 is 2.33 bits per heavy atom. The van der Waals surface area contributed by atoms with E-state index >= 15 is 0 Å². The van der Waals surface area contributed by atoms with E-state index < -0.39 is 0 Å². The van der Waals surface area contributed by atoms with Crippen molar-refractivity contribution in [1.82, 2.24) is 0 Å². The van der Waals surface area contributed by atoms with E-state index in [1.165, 1.54) is 21.6 Å². The van der Waals surface area contributed by atoms with Gasteiger partial charge >= 0.3 is 0 Å². The molecule has 2 aromatic carbocycles. The lowest BCUT2D eigenvalue weighted by molar-refractivity contribution is -0.885. The smallest absolute Gasteiger partial charge is 0.279 e. The molecule has 1 unspecified atom stereocenters. The summed E-state index contributed by atoms with van der Waals surface area (Å²) in [5, 5.41) is 3.02. The summed E-state index contributed by atoms with van der Waals surface area (Å²) in [7, 11) is 2.05. The van der Waals surface area contributed by atoms with Crippen LogP contribution in [0.3, 0.4) is 0 Å². The number of amides is 1. The molecular weight excluding hydrogens is 296 g/mol. The highest BCUT2D eigenvalue weighted by Gasteiger charge is 2.12. The van der Waals surface area contributed by atoms with E-state index in [1.54, 1.807) is 0 Å². The number of carbonyl (C=O) groups excluding carboxylic acids is 1. The third-order valence-electron chi connectivity index (χ3n) is 4.27. The number of aryl methyl sites for hydroxylation is 2. The Hall–Kier alpha value is -2.13. The zero-order chi connectivity index (χ0) is 17.7. The molecule has 0 spiro atoms. The highest BCUT2D eigenvalue weighted by atomic mass is 16.2. The highest BCUT2D eigenvalue weighted by molar-refractivity contribution is 5.92. The fraction of sp³-hybridized carbons (Fsp3) is 0.381. The molecular formula is C21H29N2O+. The van der Waals surface area contributed by atoms with Gasteiger partial charge in [-0.05, 0) is 37.0 Å². The van der Waals surface area contributed by atoms with Gasteiger partial charge in [-0.15, -0.1) is 0 Å². The molecule has 0 bridgehead atoms. The van der Waals surface area contributed by atoms with Gasteiger partial charge in [0, 0.05) is 11.3 Å². The number of nitrogens with one attached hydrogen (secondary N) is 2. The van der Waals surface area contributed by atoms with Crippen LogP contribution in [0.5, 0.6) is 0 Å². The van der Waals surface area contributed by atoms with Gasteiger partial charge < -0.3 is 10.2 Å². The van der Waals surface area contributed by atoms with Crippen LogP contribution in [0.15, 0.2) is 42.5 Å². The summed E-state index contributed by atoms with van der Waals surface area (Å²) in [6.45, 7) is 9.78. The van der Waals surface area contributed by atoms with Crippen molar-refractivity contribution in [3.05, 3.63) is 64.7 Å². The molecule has 128 valence electrons. The number of quaternary nitrogens is 1. The second kappa shape index (κ2) is 8.11. The van der Waals surface area contributed by atoms with Crippen LogP contribution >= 0.6 is 0 Å². The van der Waals surface area contributed by atoms with Gasteiger partial charge in [-0.1, -0.05) is 55.8 Å². The van der Waals surface area contributed by atoms with Crippen molar-refractivity contribution in [2.24, 2.45) is 0 Å². The SMILES string of the molecule is Cc1ccc(NC(=O)C[NH+](C)Cc2ccc(C(C)C)cc2)c(C)c1. The molecule has 1 atom stereocenters. The van der Waals surface area contributed by atoms with E-state index in [1.807, 2.05) is 19.1 Å². The zero-order valence-corrected chi connectivity index (χ0v) is 15.4. The number of anilines is 1. The standard InChI is InChI=1S/C21H28N2O/c1-15(2)19-9-7-18(8-10-19)13-23(5)14-21(24)22-20-11-6-16(3)12-17(20)4/h6-12,15H,13-14H2,1-5H3,(H,22,24)/p+1. The Kier molecular flexibility index (Phi) is 6.16. The van der Waals surface area contributed by atoms with Crippen molar-refractivity contribution in [3.63, 3.8) is 0 Å². The quantitative estimate of drug-likeness (QED) is 0.841. The van der Waals surface area contributed by atoms with Gasteiger partial charge in [-0.3, -0.25) is 4.79 Å². The molecule has 24 heavy (non-hydrogen) atoms. The van der Waals surface area contributed by atoms with Gasteiger partial charge in [0.2, 0.25) is 0 Å². The van der Waals surface area contributed by atoms with E-state index in [0.29, 0.717) is 12.5 Å². The minimum atomic E-state index is 0.0539. The van der Waals surface area contributed by atoms with Crippen LogP contribution in [-0.2, 0) is 11.3 Å². The number of rotatable bonds is 6. The molecule has 1 amide bonds. The molecule has 0 saturated carbocycles. The van der Waals surface area contributed by atoms with E-state index in [9.17, 15) is 4.79 Å². The van der Waals surface area contributed by atoms with Crippen LogP contribution in [0.4, 0.5) is 5.69 Å². The summed E-state index contributed by atoms with van der Waals surface area (Å²) in [5.41, 5.74) is 5.82. The maximum absolute atomic E-state index is 12.3. The summed E-state index contributed by atoms with van der Waals surface area (Å²) in [4.78, 5) is 13.4. The third kappa shape index (κ3) is 5.20. The summed E-state index contributed by atoms with van der Waals surface area (Å²) >= 11 is 0. The Morgan fingerprint density at radius 2 is 1.75 bits per heavy atom. The first kappa shape index (κ1) is 18.2.